The number of aryl methyl sites for hydroxylation is 2. The maximum Gasteiger partial charge on any atom is 0.435 e. The second-order valence-corrected chi connectivity index (χ2v) is 8.87. The van der Waals surface area contributed by atoms with Gasteiger partial charge in [-0.05, 0) is 54.4 Å². The first kappa shape index (κ1) is 19.5. The first-order valence-electron chi connectivity index (χ1n) is 8.76. The molecular weight excluding hydrogens is 405 g/mol. The molecule has 9 heteroatoms. The van der Waals surface area contributed by atoms with E-state index >= 15 is 0 Å². The quantitative estimate of drug-likeness (QED) is 0.639. The highest BCUT2D eigenvalue weighted by Crippen LogP contribution is 2.41. The molecule has 0 saturated heterocycles. The zero-order chi connectivity index (χ0) is 21.0. The Labute approximate surface area is 165 Å². The van der Waals surface area contributed by atoms with Crippen LogP contribution in [0.25, 0.3) is 16.9 Å². The first-order chi connectivity index (χ1) is 13.6. The molecule has 4 rings (SSSR count). The minimum absolute atomic E-state index is 0.0665. The number of ether oxygens (including phenoxy) is 1. The number of benzene rings is 2. The molecule has 0 fully saturated rings. The van der Waals surface area contributed by atoms with Crippen molar-refractivity contribution in [2.24, 2.45) is 0 Å². The smallest absolute Gasteiger partial charge is 0.435 e. The lowest BCUT2D eigenvalue weighted by atomic mass is 10.0. The molecule has 2 aromatic carbocycles. The van der Waals surface area contributed by atoms with E-state index in [-0.39, 0.29) is 17.0 Å². The highest BCUT2D eigenvalue weighted by Gasteiger charge is 2.40. The number of aromatic nitrogens is 2. The van der Waals surface area contributed by atoms with Gasteiger partial charge in [-0.1, -0.05) is 0 Å². The highest BCUT2D eigenvalue weighted by atomic mass is 32.2. The second kappa shape index (κ2) is 6.62. The molecular formula is C20H17F3N2O3S. The van der Waals surface area contributed by atoms with Crippen molar-refractivity contribution in [1.82, 2.24) is 9.55 Å². The molecule has 5 nitrogen and oxygen atoms in total. The number of fused-ring (bicyclic) bond motifs is 3. The Kier molecular flexibility index (Phi) is 4.45. The lowest BCUT2D eigenvalue weighted by Gasteiger charge is -2.22. The fraction of sp³-hybridized carbons (Fsp3) is 0.250. The van der Waals surface area contributed by atoms with Crippen LogP contribution in [-0.4, -0.2) is 31.3 Å². The summed E-state index contributed by atoms with van der Waals surface area (Å²) in [4.78, 5) is 4.04. The van der Waals surface area contributed by atoms with Crippen molar-refractivity contribution in [3.8, 4) is 22.7 Å². The molecule has 0 spiro atoms. The van der Waals surface area contributed by atoms with E-state index in [1.165, 1.54) is 23.8 Å². The maximum absolute atomic E-state index is 13.8. The number of alkyl halides is 3. The third-order valence-corrected chi connectivity index (χ3v) is 6.03. The molecule has 0 aliphatic carbocycles. The number of halogens is 3. The van der Waals surface area contributed by atoms with Crippen molar-refractivity contribution in [3.63, 3.8) is 0 Å². The van der Waals surface area contributed by atoms with E-state index in [2.05, 4.69) is 4.98 Å². The Hall–Kier alpha value is -2.81. The molecule has 1 aliphatic heterocycles. The van der Waals surface area contributed by atoms with E-state index in [4.69, 9.17) is 4.74 Å². The predicted octanol–water partition coefficient (Wildman–Crippen LogP) is 4.07. The van der Waals surface area contributed by atoms with E-state index in [0.29, 0.717) is 34.8 Å². The third kappa shape index (κ3) is 3.39. The van der Waals surface area contributed by atoms with Gasteiger partial charge in [-0.15, -0.1) is 0 Å². The number of hydrogen-bond donors (Lipinski definition) is 0. The lowest BCUT2D eigenvalue weighted by molar-refractivity contribution is -0.140. The summed E-state index contributed by atoms with van der Waals surface area (Å²) in [6.07, 6.45) is -2.84. The summed E-state index contributed by atoms with van der Waals surface area (Å²) in [5.74, 6) is 0.821. The molecule has 2 heterocycles. The zero-order valence-corrected chi connectivity index (χ0v) is 16.4. The fourth-order valence-electron chi connectivity index (χ4n) is 3.56. The number of methoxy groups -OCH3 is 1. The van der Waals surface area contributed by atoms with Crippen molar-refractivity contribution in [2.45, 2.75) is 23.9 Å². The SMILES string of the molecule is COc1ccc(-c2c(C(F)(F)F)nc3n2-c2ccc(S(C)(=O)=O)cc2CC3)cc1. The van der Waals surface area contributed by atoms with Gasteiger partial charge in [0.25, 0.3) is 0 Å². The number of hydrogen-bond acceptors (Lipinski definition) is 4. The Morgan fingerprint density at radius 2 is 1.76 bits per heavy atom. The van der Waals surface area contributed by atoms with E-state index in [9.17, 15) is 21.6 Å². The minimum Gasteiger partial charge on any atom is -0.497 e. The van der Waals surface area contributed by atoms with Gasteiger partial charge < -0.3 is 4.74 Å². The molecule has 1 aliphatic rings. The number of imidazole rings is 1. The summed E-state index contributed by atoms with van der Waals surface area (Å²) in [7, 11) is -1.94. The van der Waals surface area contributed by atoms with Gasteiger partial charge in [0.2, 0.25) is 0 Å². The van der Waals surface area contributed by atoms with Crippen LogP contribution in [0.4, 0.5) is 13.2 Å². The molecule has 1 aromatic heterocycles. The molecule has 152 valence electrons. The number of nitrogens with zero attached hydrogens (tertiary/aromatic N) is 2. The van der Waals surface area contributed by atoms with Crippen LogP contribution in [0.1, 0.15) is 17.1 Å². The van der Waals surface area contributed by atoms with Gasteiger partial charge in [0, 0.05) is 18.2 Å². The monoisotopic (exact) mass is 422 g/mol. The molecule has 0 radical (unpaired) electrons. The number of rotatable bonds is 3. The molecule has 0 N–H and O–H groups in total. The summed E-state index contributed by atoms with van der Waals surface area (Å²) in [5, 5.41) is 0. The lowest BCUT2D eigenvalue weighted by Crippen LogP contribution is -2.14. The van der Waals surface area contributed by atoms with Gasteiger partial charge in [-0.2, -0.15) is 13.2 Å². The average molecular weight is 422 g/mol. The standard InChI is InChI=1S/C20H17F3N2O3S/c1-28-14-6-3-12(4-7-14)18-19(20(21,22)23)24-17-10-5-13-11-15(29(2,26)27)8-9-16(13)25(17)18/h3-4,6-9,11H,5,10H2,1-2H3. The summed E-state index contributed by atoms with van der Waals surface area (Å²) in [6, 6.07) is 10.8. The van der Waals surface area contributed by atoms with Gasteiger partial charge in [0.15, 0.2) is 15.5 Å². The van der Waals surface area contributed by atoms with Crippen molar-refractivity contribution in [3.05, 3.63) is 59.5 Å². The van der Waals surface area contributed by atoms with Crippen LogP contribution in [0, 0.1) is 0 Å². The van der Waals surface area contributed by atoms with E-state index in [1.54, 1.807) is 30.3 Å². The van der Waals surface area contributed by atoms with Crippen LogP contribution in [-0.2, 0) is 28.9 Å². The second-order valence-electron chi connectivity index (χ2n) is 6.85. The van der Waals surface area contributed by atoms with Crippen LogP contribution in [0.5, 0.6) is 5.75 Å². The van der Waals surface area contributed by atoms with Gasteiger partial charge in [0.05, 0.1) is 23.4 Å². The van der Waals surface area contributed by atoms with Crippen LogP contribution in [0.2, 0.25) is 0 Å². The largest absolute Gasteiger partial charge is 0.497 e. The Balaban J connectivity index is 1.98. The molecule has 0 saturated carbocycles. The first-order valence-corrected chi connectivity index (χ1v) is 10.7. The normalized spacial score (nSPS) is 13.7. The van der Waals surface area contributed by atoms with Crippen molar-refractivity contribution in [1.29, 1.82) is 0 Å². The number of sulfone groups is 1. The molecule has 0 unspecified atom stereocenters. The van der Waals surface area contributed by atoms with Gasteiger partial charge in [-0.3, -0.25) is 4.57 Å². The van der Waals surface area contributed by atoms with E-state index < -0.39 is 21.7 Å². The van der Waals surface area contributed by atoms with E-state index in [1.807, 2.05) is 0 Å². The summed E-state index contributed by atoms with van der Waals surface area (Å²) in [5.41, 5.74) is 0.492. The molecule has 29 heavy (non-hydrogen) atoms. The van der Waals surface area contributed by atoms with Crippen molar-refractivity contribution < 1.29 is 26.3 Å². The van der Waals surface area contributed by atoms with Crippen molar-refractivity contribution >= 4 is 9.84 Å². The Bertz CT molecular complexity index is 1200. The van der Waals surface area contributed by atoms with Gasteiger partial charge >= 0.3 is 6.18 Å². The zero-order valence-electron chi connectivity index (χ0n) is 15.6. The van der Waals surface area contributed by atoms with Crippen LogP contribution in [0.15, 0.2) is 47.4 Å². The molecule has 0 atom stereocenters. The van der Waals surface area contributed by atoms with Crippen molar-refractivity contribution in [2.75, 3.05) is 13.4 Å². The minimum atomic E-state index is -4.63. The van der Waals surface area contributed by atoms with Gasteiger partial charge in [0.1, 0.15) is 11.6 Å². The maximum atomic E-state index is 13.8. The van der Waals surface area contributed by atoms with E-state index in [0.717, 1.165) is 6.26 Å². The highest BCUT2D eigenvalue weighted by molar-refractivity contribution is 7.90. The van der Waals surface area contributed by atoms with Crippen LogP contribution >= 0.6 is 0 Å². The summed E-state index contributed by atoms with van der Waals surface area (Å²) >= 11 is 0. The Morgan fingerprint density at radius 1 is 1.07 bits per heavy atom. The van der Waals surface area contributed by atoms with Gasteiger partial charge in [-0.25, -0.2) is 13.4 Å². The molecule has 0 bridgehead atoms. The Morgan fingerprint density at radius 3 is 2.34 bits per heavy atom. The van der Waals surface area contributed by atoms with Crippen LogP contribution in [0.3, 0.4) is 0 Å². The summed E-state index contributed by atoms with van der Waals surface area (Å²) in [6.45, 7) is 0. The predicted molar refractivity (Wildman–Crippen MR) is 101 cm³/mol. The third-order valence-electron chi connectivity index (χ3n) is 4.92. The topological polar surface area (TPSA) is 61.2 Å². The average Bonchev–Trinajstić information content (AvgIpc) is 3.07. The fourth-order valence-corrected chi connectivity index (χ4v) is 4.24. The van der Waals surface area contributed by atoms with Crippen LogP contribution < -0.4 is 4.74 Å². The molecule has 3 aromatic rings. The summed E-state index contributed by atoms with van der Waals surface area (Å²) < 4.78 is 71.7. The molecule has 0 amide bonds.